The third-order valence-electron chi connectivity index (χ3n) is 4.04. The topological polar surface area (TPSA) is 211 Å². The van der Waals surface area contributed by atoms with Crippen molar-refractivity contribution in [1.29, 1.82) is 0 Å². The summed E-state index contributed by atoms with van der Waals surface area (Å²) >= 11 is 0. The van der Waals surface area contributed by atoms with Crippen LogP contribution < -0.4 is 21.7 Å². The standard InChI is InChI=1S/C18H26N4O8/c1-9(19)15(26)20-12(6-10-2-4-11(25)5-3-10)16(27)21-13(7-23)17(28)22-14(8-24)18(29)30/h2-5,9,12-14,23-25H,6-8,19H2,1H3,(H,20,26)(H,21,27)(H,22,28)(H,29,30). The van der Waals surface area contributed by atoms with Crippen molar-refractivity contribution in [2.24, 2.45) is 5.73 Å². The number of aliphatic hydroxyl groups is 2. The molecule has 0 radical (unpaired) electrons. The minimum absolute atomic E-state index is 0.00764. The Kier molecular flexibility index (Phi) is 9.68. The lowest BCUT2D eigenvalue weighted by Gasteiger charge is -2.23. The number of nitrogens with one attached hydrogen (secondary N) is 3. The molecule has 0 bridgehead atoms. The highest BCUT2D eigenvalue weighted by molar-refractivity contribution is 5.94. The highest BCUT2D eigenvalue weighted by Crippen LogP contribution is 2.11. The van der Waals surface area contributed by atoms with Crippen LogP contribution >= 0.6 is 0 Å². The van der Waals surface area contributed by atoms with Gasteiger partial charge in [-0.05, 0) is 24.6 Å². The van der Waals surface area contributed by atoms with Crippen LogP contribution in [0.5, 0.6) is 5.75 Å². The fraction of sp³-hybridized carbons (Fsp3) is 0.444. The lowest BCUT2D eigenvalue weighted by Crippen LogP contribution is -2.58. The van der Waals surface area contributed by atoms with Gasteiger partial charge in [0.2, 0.25) is 17.7 Å². The molecule has 12 nitrogen and oxygen atoms in total. The molecule has 0 aliphatic rings. The molecule has 1 rings (SSSR count). The molecule has 0 aromatic heterocycles. The number of carbonyl (C=O) groups is 4. The van der Waals surface area contributed by atoms with Gasteiger partial charge in [-0.1, -0.05) is 12.1 Å². The number of carboxylic acids is 1. The van der Waals surface area contributed by atoms with Gasteiger partial charge in [0.25, 0.3) is 0 Å². The van der Waals surface area contributed by atoms with Crippen LogP contribution in [0.25, 0.3) is 0 Å². The van der Waals surface area contributed by atoms with Crippen molar-refractivity contribution >= 4 is 23.7 Å². The van der Waals surface area contributed by atoms with Crippen LogP contribution in [0.15, 0.2) is 24.3 Å². The molecule has 0 saturated heterocycles. The van der Waals surface area contributed by atoms with E-state index in [9.17, 15) is 29.4 Å². The van der Waals surface area contributed by atoms with E-state index in [2.05, 4.69) is 10.6 Å². The van der Waals surface area contributed by atoms with Crippen molar-refractivity contribution in [3.05, 3.63) is 29.8 Å². The summed E-state index contributed by atoms with van der Waals surface area (Å²) in [5.74, 6) is -3.99. The Bertz CT molecular complexity index is 753. The minimum atomic E-state index is -1.62. The summed E-state index contributed by atoms with van der Waals surface area (Å²) in [6.07, 6.45) is -0.0151. The normalized spacial score (nSPS) is 14.7. The quantitative estimate of drug-likeness (QED) is 0.179. The average Bonchev–Trinajstić information content (AvgIpc) is 2.70. The zero-order valence-electron chi connectivity index (χ0n) is 16.2. The van der Waals surface area contributed by atoms with Gasteiger partial charge in [-0.3, -0.25) is 14.4 Å². The number of phenolic OH excluding ortho intramolecular Hbond substituents is 1. The molecule has 9 N–H and O–H groups in total. The van der Waals surface area contributed by atoms with Crippen molar-refractivity contribution < 1.29 is 39.6 Å². The maximum atomic E-state index is 12.7. The number of hydrogen-bond acceptors (Lipinski definition) is 8. The predicted octanol–water partition coefficient (Wildman–Crippen LogP) is -3.19. The van der Waals surface area contributed by atoms with Crippen LogP contribution in [-0.4, -0.2) is 81.5 Å². The van der Waals surface area contributed by atoms with Crippen LogP contribution in [0, 0.1) is 0 Å². The molecule has 0 aliphatic heterocycles. The summed E-state index contributed by atoms with van der Waals surface area (Å²) < 4.78 is 0. The van der Waals surface area contributed by atoms with Gasteiger partial charge in [-0.25, -0.2) is 4.79 Å². The first-order valence-corrected chi connectivity index (χ1v) is 8.98. The Balaban J connectivity index is 2.94. The number of hydrogen-bond donors (Lipinski definition) is 8. The summed E-state index contributed by atoms with van der Waals surface area (Å²) in [6.45, 7) is -0.334. The molecule has 0 aliphatic carbocycles. The Morgan fingerprint density at radius 3 is 1.80 bits per heavy atom. The van der Waals surface area contributed by atoms with Crippen LogP contribution in [0.4, 0.5) is 0 Å². The van der Waals surface area contributed by atoms with E-state index in [0.29, 0.717) is 5.56 Å². The summed E-state index contributed by atoms with van der Waals surface area (Å²) in [4.78, 5) is 47.7. The molecular formula is C18H26N4O8. The number of aromatic hydroxyl groups is 1. The Labute approximate surface area is 172 Å². The van der Waals surface area contributed by atoms with Crippen LogP contribution in [0.3, 0.4) is 0 Å². The molecule has 166 valence electrons. The van der Waals surface area contributed by atoms with Crippen molar-refractivity contribution in [2.75, 3.05) is 13.2 Å². The number of carbonyl (C=O) groups excluding carboxylic acids is 3. The Hall–Kier alpha value is -3.22. The lowest BCUT2D eigenvalue weighted by atomic mass is 10.0. The third kappa shape index (κ3) is 7.66. The highest BCUT2D eigenvalue weighted by atomic mass is 16.4. The molecule has 30 heavy (non-hydrogen) atoms. The maximum absolute atomic E-state index is 12.7. The van der Waals surface area contributed by atoms with Crippen LogP contribution in [0.1, 0.15) is 12.5 Å². The van der Waals surface area contributed by atoms with Crippen LogP contribution in [0.2, 0.25) is 0 Å². The fourth-order valence-electron chi connectivity index (χ4n) is 2.30. The van der Waals surface area contributed by atoms with E-state index in [1.807, 2.05) is 5.32 Å². The number of nitrogens with two attached hydrogens (primary N) is 1. The van der Waals surface area contributed by atoms with Gasteiger partial charge < -0.3 is 42.1 Å². The van der Waals surface area contributed by atoms with Crippen molar-refractivity contribution in [2.45, 2.75) is 37.5 Å². The molecule has 12 heteroatoms. The van der Waals surface area contributed by atoms with Gasteiger partial charge in [0.05, 0.1) is 19.3 Å². The second-order valence-corrected chi connectivity index (χ2v) is 6.55. The maximum Gasteiger partial charge on any atom is 0.328 e. The second kappa shape index (κ2) is 11.7. The number of aliphatic hydroxyl groups excluding tert-OH is 2. The number of aliphatic carboxylic acids is 1. The summed E-state index contributed by atoms with van der Waals surface area (Å²) in [6, 6.07) is 0.603. The first-order valence-electron chi connectivity index (χ1n) is 8.98. The molecule has 4 unspecified atom stereocenters. The van der Waals surface area contributed by atoms with E-state index >= 15 is 0 Å². The smallest absolute Gasteiger partial charge is 0.328 e. The van der Waals surface area contributed by atoms with Crippen molar-refractivity contribution in [1.82, 2.24) is 16.0 Å². The Morgan fingerprint density at radius 1 is 0.867 bits per heavy atom. The van der Waals surface area contributed by atoms with Crippen molar-refractivity contribution in [3.63, 3.8) is 0 Å². The first kappa shape index (κ1) is 24.8. The van der Waals surface area contributed by atoms with E-state index in [1.165, 1.54) is 31.2 Å². The average molecular weight is 426 g/mol. The Morgan fingerprint density at radius 2 is 1.33 bits per heavy atom. The monoisotopic (exact) mass is 426 g/mol. The second-order valence-electron chi connectivity index (χ2n) is 6.55. The zero-order chi connectivity index (χ0) is 22.8. The summed E-state index contributed by atoms with van der Waals surface area (Å²) in [5.41, 5.74) is 6.09. The third-order valence-corrected chi connectivity index (χ3v) is 4.04. The number of carboxylic acid groups (broad SMARTS) is 1. The van der Waals surface area contributed by atoms with Gasteiger partial charge in [0, 0.05) is 6.42 Å². The van der Waals surface area contributed by atoms with E-state index in [0.717, 1.165) is 0 Å². The largest absolute Gasteiger partial charge is 0.508 e. The molecule has 0 spiro atoms. The molecular weight excluding hydrogens is 400 g/mol. The van der Waals surface area contributed by atoms with E-state index in [1.54, 1.807) is 0 Å². The molecule has 0 heterocycles. The number of benzene rings is 1. The summed E-state index contributed by atoms with van der Waals surface area (Å²) in [5, 5.41) is 43.3. The summed E-state index contributed by atoms with van der Waals surface area (Å²) in [7, 11) is 0. The van der Waals surface area contributed by atoms with E-state index in [-0.39, 0.29) is 12.2 Å². The highest BCUT2D eigenvalue weighted by Gasteiger charge is 2.29. The molecule has 1 aromatic carbocycles. The lowest BCUT2D eigenvalue weighted by molar-refractivity contribution is -0.143. The molecule has 0 saturated carbocycles. The number of rotatable bonds is 11. The van der Waals surface area contributed by atoms with E-state index in [4.69, 9.17) is 15.9 Å². The molecule has 1 aromatic rings. The fourth-order valence-corrected chi connectivity index (χ4v) is 2.30. The van der Waals surface area contributed by atoms with Crippen molar-refractivity contribution in [3.8, 4) is 5.75 Å². The van der Waals surface area contributed by atoms with Gasteiger partial charge in [0.15, 0.2) is 0 Å². The van der Waals surface area contributed by atoms with Crippen LogP contribution in [-0.2, 0) is 25.6 Å². The van der Waals surface area contributed by atoms with E-state index < -0.39 is 61.1 Å². The van der Waals surface area contributed by atoms with Gasteiger partial charge >= 0.3 is 5.97 Å². The minimum Gasteiger partial charge on any atom is -0.508 e. The zero-order valence-corrected chi connectivity index (χ0v) is 16.2. The SMILES string of the molecule is CC(N)C(=O)NC(Cc1ccc(O)cc1)C(=O)NC(CO)C(=O)NC(CO)C(=O)O. The van der Waals surface area contributed by atoms with Gasteiger partial charge in [-0.15, -0.1) is 0 Å². The molecule has 4 atom stereocenters. The van der Waals surface area contributed by atoms with Gasteiger partial charge in [-0.2, -0.15) is 0 Å². The first-order chi connectivity index (χ1) is 14.1. The molecule has 0 fully saturated rings. The number of phenols is 1. The molecule has 3 amide bonds. The predicted molar refractivity (Wildman–Crippen MR) is 103 cm³/mol. The number of amides is 3. The van der Waals surface area contributed by atoms with Gasteiger partial charge in [0.1, 0.15) is 23.9 Å².